The highest BCUT2D eigenvalue weighted by Gasteiger charge is 2.22. The van der Waals surface area contributed by atoms with E-state index in [1.165, 1.54) is 5.56 Å². The largest absolute Gasteiger partial charge is 0.352 e. The first-order chi connectivity index (χ1) is 10.2. The highest BCUT2D eigenvalue weighted by Crippen LogP contribution is 2.36. The van der Waals surface area contributed by atoms with Gasteiger partial charge in [-0.2, -0.15) is 0 Å². The minimum atomic E-state index is -0.146. The molecule has 0 aliphatic carbocycles. The van der Waals surface area contributed by atoms with Crippen molar-refractivity contribution in [2.75, 3.05) is 6.54 Å². The fraction of sp³-hybridized carbons (Fsp3) is 0.278. The van der Waals surface area contributed by atoms with E-state index in [2.05, 4.69) is 30.4 Å². The fourth-order valence-electron chi connectivity index (χ4n) is 2.82. The molecule has 1 aliphatic rings. The molecule has 2 atom stereocenters. The smallest absolute Gasteiger partial charge is 0.251 e. The SMILES string of the molecule is CC(c1ccccc1)C(Cl)c1ccc2c(c1)C(=O)NCC2. The lowest BCUT2D eigenvalue weighted by molar-refractivity contribution is 0.0946. The van der Waals surface area contributed by atoms with Gasteiger partial charge >= 0.3 is 0 Å². The van der Waals surface area contributed by atoms with E-state index in [-0.39, 0.29) is 17.2 Å². The predicted molar refractivity (Wildman–Crippen MR) is 85.9 cm³/mol. The predicted octanol–water partition coefficient (Wildman–Crippen LogP) is 4.06. The molecule has 1 amide bonds. The molecule has 2 unspecified atom stereocenters. The minimum absolute atomic E-state index is 0.00864. The number of fused-ring (bicyclic) bond motifs is 1. The molecule has 21 heavy (non-hydrogen) atoms. The Bertz CT molecular complexity index is 654. The van der Waals surface area contributed by atoms with Gasteiger partial charge in [0.05, 0.1) is 5.38 Å². The molecule has 1 aliphatic heterocycles. The van der Waals surface area contributed by atoms with Gasteiger partial charge in [-0.05, 0) is 29.2 Å². The van der Waals surface area contributed by atoms with E-state index in [0.29, 0.717) is 0 Å². The molecule has 1 heterocycles. The third-order valence-electron chi connectivity index (χ3n) is 4.14. The molecule has 0 spiro atoms. The number of benzene rings is 2. The van der Waals surface area contributed by atoms with Crippen molar-refractivity contribution in [2.24, 2.45) is 0 Å². The van der Waals surface area contributed by atoms with E-state index >= 15 is 0 Å². The monoisotopic (exact) mass is 299 g/mol. The van der Waals surface area contributed by atoms with Gasteiger partial charge in [-0.15, -0.1) is 11.6 Å². The summed E-state index contributed by atoms with van der Waals surface area (Å²) in [6, 6.07) is 16.3. The number of halogens is 1. The summed E-state index contributed by atoms with van der Waals surface area (Å²) in [5.41, 5.74) is 4.09. The number of hydrogen-bond acceptors (Lipinski definition) is 1. The Labute approximate surface area is 130 Å². The number of carbonyl (C=O) groups excluding carboxylic acids is 1. The third kappa shape index (κ3) is 2.81. The number of amides is 1. The van der Waals surface area contributed by atoms with Crippen LogP contribution in [0.4, 0.5) is 0 Å². The molecule has 2 aromatic rings. The molecule has 2 nitrogen and oxygen atoms in total. The summed E-state index contributed by atoms with van der Waals surface area (Å²) in [4.78, 5) is 11.9. The standard InChI is InChI=1S/C18H18ClNO/c1-12(13-5-3-2-4-6-13)17(19)15-8-7-14-9-10-20-18(21)16(14)11-15/h2-8,11-12,17H,9-10H2,1H3,(H,20,21). The van der Waals surface area contributed by atoms with Crippen LogP contribution in [0.3, 0.4) is 0 Å². The normalized spacial score (nSPS) is 16.8. The highest BCUT2D eigenvalue weighted by atomic mass is 35.5. The van der Waals surface area contributed by atoms with Gasteiger partial charge in [0.1, 0.15) is 0 Å². The first-order valence-electron chi connectivity index (χ1n) is 7.27. The number of rotatable bonds is 3. The van der Waals surface area contributed by atoms with E-state index in [0.717, 1.165) is 29.7 Å². The molecule has 2 aromatic carbocycles. The molecule has 0 aromatic heterocycles. The Kier molecular flexibility index (Phi) is 3.98. The first kappa shape index (κ1) is 14.2. The lowest BCUT2D eigenvalue weighted by Crippen LogP contribution is -2.31. The summed E-state index contributed by atoms with van der Waals surface area (Å²) in [7, 11) is 0. The van der Waals surface area contributed by atoms with E-state index in [1.54, 1.807) is 0 Å². The zero-order valence-corrected chi connectivity index (χ0v) is 12.7. The zero-order chi connectivity index (χ0) is 14.8. The molecule has 1 N–H and O–H groups in total. The van der Waals surface area contributed by atoms with Gasteiger partial charge in [-0.1, -0.05) is 49.4 Å². The molecule has 0 saturated heterocycles. The van der Waals surface area contributed by atoms with Crippen LogP contribution in [-0.4, -0.2) is 12.5 Å². The summed E-state index contributed by atoms with van der Waals surface area (Å²) in [6.45, 7) is 2.84. The molecular weight excluding hydrogens is 282 g/mol. The van der Waals surface area contributed by atoms with Crippen LogP contribution in [0.15, 0.2) is 48.5 Å². The van der Waals surface area contributed by atoms with Crippen LogP contribution in [0.2, 0.25) is 0 Å². The number of hydrogen-bond donors (Lipinski definition) is 1. The summed E-state index contributed by atoms with van der Waals surface area (Å²) < 4.78 is 0. The van der Waals surface area contributed by atoms with Gasteiger partial charge in [0.25, 0.3) is 5.91 Å². The molecule has 3 heteroatoms. The Balaban J connectivity index is 1.90. The average Bonchev–Trinajstić information content (AvgIpc) is 2.54. The second kappa shape index (κ2) is 5.90. The summed E-state index contributed by atoms with van der Waals surface area (Å²) >= 11 is 6.65. The first-order valence-corrected chi connectivity index (χ1v) is 7.70. The molecule has 0 radical (unpaired) electrons. The van der Waals surface area contributed by atoms with Crippen LogP contribution in [-0.2, 0) is 6.42 Å². The van der Waals surface area contributed by atoms with Gasteiger partial charge in [-0.25, -0.2) is 0 Å². The molecule has 0 bridgehead atoms. The Morgan fingerprint density at radius 3 is 2.62 bits per heavy atom. The van der Waals surface area contributed by atoms with E-state index in [1.807, 2.05) is 30.3 Å². The number of alkyl halides is 1. The molecule has 108 valence electrons. The summed E-state index contributed by atoms with van der Waals surface area (Å²) in [5, 5.41) is 2.74. The maximum atomic E-state index is 11.9. The Morgan fingerprint density at radius 1 is 1.10 bits per heavy atom. The topological polar surface area (TPSA) is 29.1 Å². The third-order valence-corrected chi connectivity index (χ3v) is 4.77. The van der Waals surface area contributed by atoms with Crippen molar-refractivity contribution in [3.05, 3.63) is 70.8 Å². The number of nitrogens with one attached hydrogen (secondary N) is 1. The maximum Gasteiger partial charge on any atom is 0.251 e. The van der Waals surface area contributed by atoms with Gasteiger partial charge in [0, 0.05) is 18.0 Å². The van der Waals surface area contributed by atoms with E-state index < -0.39 is 0 Å². The second-order valence-electron chi connectivity index (χ2n) is 5.52. The Hall–Kier alpha value is -1.80. The van der Waals surface area contributed by atoms with Crippen LogP contribution in [0.5, 0.6) is 0 Å². The molecule has 3 rings (SSSR count). The highest BCUT2D eigenvalue weighted by molar-refractivity contribution is 6.21. The van der Waals surface area contributed by atoms with Crippen molar-refractivity contribution in [3.8, 4) is 0 Å². The summed E-state index contributed by atoms with van der Waals surface area (Å²) in [6.07, 6.45) is 0.891. The van der Waals surface area contributed by atoms with Crippen molar-refractivity contribution < 1.29 is 4.79 Å². The van der Waals surface area contributed by atoms with Crippen molar-refractivity contribution in [1.29, 1.82) is 0 Å². The molecule has 0 saturated carbocycles. The van der Waals surface area contributed by atoms with Crippen LogP contribution < -0.4 is 5.32 Å². The van der Waals surface area contributed by atoms with Gasteiger partial charge in [0.2, 0.25) is 0 Å². The van der Waals surface area contributed by atoms with Crippen LogP contribution in [0, 0.1) is 0 Å². The second-order valence-corrected chi connectivity index (χ2v) is 5.99. The lowest BCUT2D eigenvalue weighted by atomic mass is 9.90. The molecule has 0 fully saturated rings. The Morgan fingerprint density at radius 2 is 1.86 bits per heavy atom. The van der Waals surface area contributed by atoms with Gasteiger partial charge < -0.3 is 5.32 Å². The molecular formula is C18H18ClNO. The van der Waals surface area contributed by atoms with Crippen molar-refractivity contribution in [1.82, 2.24) is 5.32 Å². The average molecular weight is 300 g/mol. The van der Waals surface area contributed by atoms with Gasteiger partial charge in [-0.3, -0.25) is 4.79 Å². The zero-order valence-electron chi connectivity index (χ0n) is 12.0. The number of carbonyl (C=O) groups is 1. The van der Waals surface area contributed by atoms with Crippen molar-refractivity contribution >= 4 is 17.5 Å². The minimum Gasteiger partial charge on any atom is -0.352 e. The van der Waals surface area contributed by atoms with Crippen LogP contribution >= 0.6 is 11.6 Å². The maximum absolute atomic E-state index is 11.9. The van der Waals surface area contributed by atoms with Crippen molar-refractivity contribution in [2.45, 2.75) is 24.6 Å². The lowest BCUT2D eigenvalue weighted by Gasteiger charge is -2.22. The van der Waals surface area contributed by atoms with Crippen LogP contribution in [0.1, 0.15) is 45.3 Å². The van der Waals surface area contributed by atoms with E-state index in [4.69, 9.17) is 11.6 Å². The quantitative estimate of drug-likeness (QED) is 0.851. The summed E-state index contributed by atoms with van der Waals surface area (Å²) in [5.74, 6) is 0.201. The van der Waals surface area contributed by atoms with Gasteiger partial charge in [0.15, 0.2) is 0 Å². The van der Waals surface area contributed by atoms with Crippen LogP contribution in [0.25, 0.3) is 0 Å². The fourth-order valence-corrected chi connectivity index (χ4v) is 3.10. The van der Waals surface area contributed by atoms with E-state index in [9.17, 15) is 4.79 Å². The van der Waals surface area contributed by atoms with Crippen molar-refractivity contribution in [3.63, 3.8) is 0 Å².